The Morgan fingerprint density at radius 2 is 1.86 bits per heavy atom. The molecule has 1 amide bonds. The van der Waals surface area contributed by atoms with Crippen molar-refractivity contribution in [1.29, 1.82) is 0 Å². The van der Waals surface area contributed by atoms with E-state index in [-0.39, 0.29) is 11.6 Å². The maximum Gasteiger partial charge on any atom is 0.221 e. The number of anilines is 1. The number of nitrogens with zero attached hydrogens (tertiary/aromatic N) is 2. The summed E-state index contributed by atoms with van der Waals surface area (Å²) in [7, 11) is 0. The quantitative estimate of drug-likeness (QED) is 0.677. The summed E-state index contributed by atoms with van der Waals surface area (Å²) in [6.45, 7) is 2.63. The van der Waals surface area contributed by atoms with Crippen LogP contribution in [0.3, 0.4) is 0 Å². The van der Waals surface area contributed by atoms with Gasteiger partial charge in [-0.3, -0.25) is 4.79 Å². The molecule has 0 fully saturated rings. The van der Waals surface area contributed by atoms with Gasteiger partial charge >= 0.3 is 0 Å². The van der Waals surface area contributed by atoms with Crippen LogP contribution in [-0.4, -0.2) is 22.2 Å². The molecule has 8 heteroatoms. The van der Waals surface area contributed by atoms with Crippen LogP contribution in [0.2, 0.25) is 0 Å². The van der Waals surface area contributed by atoms with Crippen molar-refractivity contribution < 1.29 is 18.0 Å². The fourth-order valence-electron chi connectivity index (χ4n) is 3.37. The molecule has 2 heterocycles. The number of rotatable bonds is 3. The smallest absolute Gasteiger partial charge is 0.221 e. The molecule has 0 radical (unpaired) electrons. The van der Waals surface area contributed by atoms with Crippen LogP contribution in [0.15, 0.2) is 36.4 Å². The zero-order chi connectivity index (χ0) is 19.8. The van der Waals surface area contributed by atoms with Gasteiger partial charge in [-0.25, -0.2) is 17.9 Å². The molecule has 0 saturated heterocycles. The van der Waals surface area contributed by atoms with Gasteiger partial charge in [0.15, 0.2) is 17.5 Å². The van der Waals surface area contributed by atoms with E-state index >= 15 is 0 Å². The molecule has 144 valence electrons. The van der Waals surface area contributed by atoms with Gasteiger partial charge in [0.2, 0.25) is 5.91 Å². The van der Waals surface area contributed by atoms with Crippen LogP contribution >= 0.6 is 0 Å². The van der Waals surface area contributed by atoms with Crippen LogP contribution in [-0.2, 0) is 17.8 Å². The van der Waals surface area contributed by atoms with Crippen molar-refractivity contribution in [1.82, 2.24) is 15.1 Å². The number of nitrogens with one attached hydrogen (secondary N) is 2. The fourth-order valence-corrected chi connectivity index (χ4v) is 3.37. The third-order valence-electron chi connectivity index (χ3n) is 4.65. The minimum atomic E-state index is -1.52. The van der Waals surface area contributed by atoms with E-state index in [1.54, 1.807) is 24.3 Å². The number of benzene rings is 2. The molecule has 1 aromatic heterocycles. The van der Waals surface area contributed by atoms with Gasteiger partial charge < -0.3 is 10.6 Å². The molecular formula is C20H17F3N4O. The molecule has 5 nitrogen and oxygen atoms in total. The van der Waals surface area contributed by atoms with Gasteiger partial charge in [-0.05, 0) is 24.3 Å². The SMILES string of the molecule is CC(=O)Nc1ccc(-c2nn(-c3ccc(F)c(F)c3F)c3c2CNCC3)cc1. The maximum atomic E-state index is 14.4. The van der Waals surface area contributed by atoms with Gasteiger partial charge in [0, 0.05) is 43.2 Å². The van der Waals surface area contributed by atoms with E-state index in [0.29, 0.717) is 30.9 Å². The molecule has 1 aliphatic heterocycles. The van der Waals surface area contributed by atoms with E-state index in [1.165, 1.54) is 17.7 Å². The molecule has 1 aliphatic rings. The minimum absolute atomic E-state index is 0.127. The first kappa shape index (κ1) is 18.2. The van der Waals surface area contributed by atoms with E-state index in [2.05, 4.69) is 15.7 Å². The van der Waals surface area contributed by atoms with Gasteiger partial charge in [-0.1, -0.05) is 12.1 Å². The number of fused-ring (bicyclic) bond motifs is 1. The Labute approximate surface area is 159 Å². The normalized spacial score (nSPS) is 13.3. The van der Waals surface area contributed by atoms with E-state index in [9.17, 15) is 18.0 Å². The molecule has 2 N–H and O–H groups in total. The second-order valence-electron chi connectivity index (χ2n) is 6.57. The summed E-state index contributed by atoms with van der Waals surface area (Å²) in [6.07, 6.45) is 0.574. The van der Waals surface area contributed by atoms with Crippen molar-refractivity contribution in [3.05, 3.63) is 65.1 Å². The highest BCUT2D eigenvalue weighted by molar-refractivity contribution is 5.89. The molecule has 3 aromatic rings. The number of hydrogen-bond donors (Lipinski definition) is 2. The lowest BCUT2D eigenvalue weighted by Crippen LogP contribution is -2.25. The number of amides is 1. The minimum Gasteiger partial charge on any atom is -0.326 e. The molecule has 0 spiro atoms. The van der Waals surface area contributed by atoms with Gasteiger partial charge in [0.25, 0.3) is 0 Å². The van der Waals surface area contributed by atoms with Crippen LogP contribution in [0, 0.1) is 17.5 Å². The predicted molar refractivity (Wildman–Crippen MR) is 98.6 cm³/mol. The van der Waals surface area contributed by atoms with E-state index in [4.69, 9.17) is 0 Å². The zero-order valence-electron chi connectivity index (χ0n) is 15.0. The zero-order valence-corrected chi connectivity index (χ0v) is 15.0. The molecule has 0 atom stereocenters. The summed E-state index contributed by atoms with van der Waals surface area (Å²) in [6, 6.07) is 9.17. The monoisotopic (exact) mass is 386 g/mol. The third kappa shape index (κ3) is 3.16. The second-order valence-corrected chi connectivity index (χ2v) is 6.57. The van der Waals surface area contributed by atoms with Crippen molar-refractivity contribution in [2.45, 2.75) is 19.9 Å². The fraction of sp³-hybridized carbons (Fsp3) is 0.200. The standard InChI is InChI=1S/C20H17F3N4O/c1-11(28)25-13-4-2-12(3-5-13)20-14-10-24-9-8-16(14)27(26-20)17-7-6-15(21)18(22)19(17)23/h2-7,24H,8-10H2,1H3,(H,25,28). The van der Waals surface area contributed by atoms with Gasteiger partial charge in [-0.15, -0.1) is 0 Å². The maximum absolute atomic E-state index is 14.4. The Bertz CT molecular complexity index is 1060. The largest absolute Gasteiger partial charge is 0.326 e. The second kappa shape index (κ2) is 7.12. The lowest BCUT2D eigenvalue weighted by molar-refractivity contribution is -0.114. The summed E-state index contributed by atoms with van der Waals surface area (Å²) in [5, 5.41) is 10.5. The Morgan fingerprint density at radius 3 is 2.57 bits per heavy atom. The van der Waals surface area contributed by atoms with Crippen molar-refractivity contribution in [2.75, 3.05) is 11.9 Å². The number of halogens is 3. The van der Waals surface area contributed by atoms with E-state index < -0.39 is 17.5 Å². The molecular weight excluding hydrogens is 369 g/mol. The average molecular weight is 386 g/mol. The Morgan fingerprint density at radius 1 is 1.11 bits per heavy atom. The highest BCUT2D eigenvalue weighted by Gasteiger charge is 2.25. The van der Waals surface area contributed by atoms with Crippen LogP contribution in [0.1, 0.15) is 18.2 Å². The number of aromatic nitrogens is 2. The lowest BCUT2D eigenvalue weighted by Gasteiger charge is -2.16. The summed E-state index contributed by atoms with van der Waals surface area (Å²) in [5.41, 5.74) is 3.55. The average Bonchev–Trinajstić information content (AvgIpc) is 3.06. The highest BCUT2D eigenvalue weighted by Crippen LogP contribution is 2.31. The molecule has 0 aliphatic carbocycles. The number of hydrogen-bond acceptors (Lipinski definition) is 3. The van der Waals surface area contributed by atoms with Crippen LogP contribution in [0.25, 0.3) is 16.9 Å². The molecule has 0 saturated carbocycles. The van der Waals surface area contributed by atoms with Crippen molar-refractivity contribution >= 4 is 11.6 Å². The molecule has 0 bridgehead atoms. The Balaban J connectivity index is 1.82. The molecule has 28 heavy (non-hydrogen) atoms. The van der Waals surface area contributed by atoms with Crippen molar-refractivity contribution in [3.63, 3.8) is 0 Å². The topological polar surface area (TPSA) is 59.0 Å². The Kier molecular flexibility index (Phi) is 4.64. The van der Waals surface area contributed by atoms with Crippen LogP contribution in [0.4, 0.5) is 18.9 Å². The first-order valence-corrected chi connectivity index (χ1v) is 8.79. The summed E-state index contributed by atoms with van der Waals surface area (Å²) >= 11 is 0. The summed E-state index contributed by atoms with van der Waals surface area (Å²) < 4.78 is 42.8. The molecule has 0 unspecified atom stereocenters. The van der Waals surface area contributed by atoms with Crippen LogP contribution in [0.5, 0.6) is 0 Å². The first-order chi connectivity index (χ1) is 13.5. The lowest BCUT2D eigenvalue weighted by atomic mass is 10.0. The summed E-state index contributed by atoms with van der Waals surface area (Å²) in [5.74, 6) is -4.20. The molecule has 2 aromatic carbocycles. The Hall–Kier alpha value is -3.13. The van der Waals surface area contributed by atoms with E-state index in [0.717, 1.165) is 22.9 Å². The third-order valence-corrected chi connectivity index (χ3v) is 4.65. The predicted octanol–water partition coefficient (Wildman–Crippen LogP) is 3.56. The van der Waals surface area contributed by atoms with Gasteiger partial charge in [0.05, 0.1) is 11.4 Å². The number of carbonyl (C=O) groups excluding carboxylic acids is 1. The number of carbonyl (C=O) groups is 1. The first-order valence-electron chi connectivity index (χ1n) is 8.79. The van der Waals surface area contributed by atoms with Gasteiger partial charge in [-0.2, -0.15) is 5.10 Å². The highest BCUT2D eigenvalue weighted by atomic mass is 19.2. The molecule has 4 rings (SSSR count). The van der Waals surface area contributed by atoms with Gasteiger partial charge in [0.1, 0.15) is 5.69 Å². The van der Waals surface area contributed by atoms with Crippen molar-refractivity contribution in [2.24, 2.45) is 0 Å². The summed E-state index contributed by atoms with van der Waals surface area (Å²) in [4.78, 5) is 11.2. The van der Waals surface area contributed by atoms with Crippen LogP contribution < -0.4 is 10.6 Å². The van der Waals surface area contributed by atoms with Crippen molar-refractivity contribution in [3.8, 4) is 16.9 Å². The van der Waals surface area contributed by atoms with E-state index in [1.807, 2.05) is 0 Å².